The topological polar surface area (TPSA) is 68.3 Å². The lowest BCUT2D eigenvalue weighted by Gasteiger charge is -2.14. The summed E-state index contributed by atoms with van der Waals surface area (Å²) >= 11 is 0. The Morgan fingerprint density at radius 1 is 0.500 bits per heavy atom. The van der Waals surface area contributed by atoms with Gasteiger partial charge in [0, 0.05) is 40.0 Å². The fraction of sp³-hybridized carbons (Fsp3) is 0.385. The number of hydrogen-bond donors (Lipinski definition) is 0. The summed E-state index contributed by atoms with van der Waals surface area (Å²) in [6.07, 6.45) is 0. The molecule has 0 fully saturated rings. The van der Waals surface area contributed by atoms with Crippen molar-refractivity contribution in [2.45, 2.75) is 48.5 Å². The Kier molecular flexibility index (Phi) is 7.25. The van der Waals surface area contributed by atoms with Gasteiger partial charge in [-0.05, 0) is 54.4 Å². The molecule has 30 heavy (non-hydrogen) atoms. The van der Waals surface area contributed by atoms with Crippen molar-refractivity contribution in [3.05, 3.63) is 58.7 Å². The van der Waals surface area contributed by atoms with E-state index in [0.29, 0.717) is 33.4 Å². The summed E-state index contributed by atoms with van der Waals surface area (Å²) in [5.74, 6) is -0.985. The minimum atomic E-state index is -0.219. The molecular weight excluding hydrogens is 376 g/mol. The largest absolute Gasteiger partial charge is 0.295 e. The van der Waals surface area contributed by atoms with E-state index in [9.17, 15) is 19.2 Å². The highest BCUT2D eigenvalue weighted by atomic mass is 16.1. The maximum absolute atomic E-state index is 12.7. The van der Waals surface area contributed by atoms with Crippen LogP contribution in [0.15, 0.2) is 36.4 Å². The summed E-state index contributed by atoms with van der Waals surface area (Å²) in [6, 6.07) is 10.2. The first-order chi connectivity index (χ1) is 13.9. The van der Waals surface area contributed by atoms with Crippen molar-refractivity contribution in [2.24, 2.45) is 17.8 Å². The lowest BCUT2D eigenvalue weighted by atomic mass is 9.89. The highest BCUT2D eigenvalue weighted by Crippen LogP contribution is 2.28. The maximum atomic E-state index is 12.7. The van der Waals surface area contributed by atoms with Crippen molar-refractivity contribution in [3.8, 4) is 11.1 Å². The fourth-order valence-corrected chi connectivity index (χ4v) is 3.22. The van der Waals surface area contributed by atoms with Crippen molar-refractivity contribution >= 4 is 23.1 Å². The van der Waals surface area contributed by atoms with E-state index in [1.165, 1.54) is 6.92 Å². The van der Waals surface area contributed by atoms with Gasteiger partial charge in [0.05, 0.1) is 0 Å². The molecule has 0 aliphatic heterocycles. The van der Waals surface area contributed by atoms with Crippen LogP contribution < -0.4 is 0 Å². The van der Waals surface area contributed by atoms with Crippen LogP contribution in [0.5, 0.6) is 0 Å². The van der Waals surface area contributed by atoms with Gasteiger partial charge in [0.2, 0.25) is 0 Å². The minimum absolute atomic E-state index is 0.0594. The molecule has 0 saturated carbocycles. The third-order valence-electron chi connectivity index (χ3n) is 5.03. The number of ketones is 4. The SMILES string of the molecule is CC(=O)c1cc(C(=O)C(C)C)cc(-c2cc(C(=O)C(C)C)cc(C(=O)C(C)C)c2)c1. The Labute approximate surface area is 178 Å². The Morgan fingerprint density at radius 3 is 1.03 bits per heavy atom. The van der Waals surface area contributed by atoms with Gasteiger partial charge in [-0.25, -0.2) is 0 Å². The van der Waals surface area contributed by atoms with Crippen LogP contribution in [0.1, 0.15) is 89.9 Å². The molecule has 0 bridgehead atoms. The van der Waals surface area contributed by atoms with Gasteiger partial charge in [-0.15, -0.1) is 0 Å². The summed E-state index contributed by atoms with van der Waals surface area (Å²) in [4.78, 5) is 50.1. The monoisotopic (exact) mass is 406 g/mol. The maximum Gasteiger partial charge on any atom is 0.165 e. The molecular formula is C26H30O4. The number of rotatable bonds is 8. The van der Waals surface area contributed by atoms with Gasteiger partial charge in [0.15, 0.2) is 23.1 Å². The second-order valence-corrected chi connectivity index (χ2v) is 8.71. The van der Waals surface area contributed by atoms with Crippen LogP contribution in [0, 0.1) is 17.8 Å². The first-order valence-electron chi connectivity index (χ1n) is 10.4. The highest BCUT2D eigenvalue weighted by molar-refractivity contribution is 6.06. The summed E-state index contributed by atoms with van der Waals surface area (Å²) in [5, 5.41) is 0. The van der Waals surface area contributed by atoms with E-state index in [4.69, 9.17) is 0 Å². The van der Waals surface area contributed by atoms with Crippen molar-refractivity contribution < 1.29 is 19.2 Å². The van der Waals surface area contributed by atoms with Crippen LogP contribution in [0.4, 0.5) is 0 Å². The fourth-order valence-electron chi connectivity index (χ4n) is 3.22. The van der Waals surface area contributed by atoms with Crippen LogP contribution in [-0.2, 0) is 0 Å². The second-order valence-electron chi connectivity index (χ2n) is 8.71. The van der Waals surface area contributed by atoms with Gasteiger partial charge < -0.3 is 0 Å². The van der Waals surface area contributed by atoms with E-state index in [-0.39, 0.29) is 40.9 Å². The first kappa shape index (κ1) is 23.4. The van der Waals surface area contributed by atoms with Gasteiger partial charge in [-0.3, -0.25) is 19.2 Å². The van der Waals surface area contributed by atoms with Crippen molar-refractivity contribution in [1.82, 2.24) is 0 Å². The normalized spacial score (nSPS) is 11.3. The van der Waals surface area contributed by atoms with Crippen LogP contribution >= 0.6 is 0 Å². The van der Waals surface area contributed by atoms with Crippen molar-refractivity contribution in [1.29, 1.82) is 0 Å². The predicted octanol–water partition coefficient (Wildman–Crippen LogP) is 6.07. The number of benzene rings is 2. The molecule has 0 spiro atoms. The van der Waals surface area contributed by atoms with E-state index >= 15 is 0 Å². The highest BCUT2D eigenvalue weighted by Gasteiger charge is 2.20. The molecule has 4 nitrogen and oxygen atoms in total. The number of carbonyl (C=O) groups excluding carboxylic acids is 4. The summed E-state index contributed by atoms with van der Waals surface area (Å²) in [6.45, 7) is 12.3. The molecule has 0 unspecified atom stereocenters. The van der Waals surface area contributed by atoms with Gasteiger partial charge in [0.25, 0.3) is 0 Å². The summed E-state index contributed by atoms with van der Waals surface area (Å²) in [5.41, 5.74) is 3.07. The third-order valence-corrected chi connectivity index (χ3v) is 5.03. The number of hydrogen-bond acceptors (Lipinski definition) is 4. The third kappa shape index (κ3) is 5.18. The molecule has 2 rings (SSSR count). The second kappa shape index (κ2) is 9.29. The molecule has 0 aliphatic carbocycles. The molecule has 0 saturated heterocycles. The van der Waals surface area contributed by atoms with E-state index in [2.05, 4.69) is 0 Å². The minimum Gasteiger partial charge on any atom is -0.295 e. The summed E-state index contributed by atoms with van der Waals surface area (Å²) < 4.78 is 0. The molecule has 2 aromatic carbocycles. The van der Waals surface area contributed by atoms with E-state index < -0.39 is 0 Å². The summed E-state index contributed by atoms with van der Waals surface area (Å²) in [7, 11) is 0. The number of carbonyl (C=O) groups is 4. The molecule has 0 aromatic heterocycles. The van der Waals surface area contributed by atoms with Crippen LogP contribution in [0.3, 0.4) is 0 Å². The molecule has 0 heterocycles. The molecule has 0 atom stereocenters. The molecule has 0 radical (unpaired) electrons. The van der Waals surface area contributed by atoms with E-state index in [1.807, 2.05) is 41.5 Å². The molecule has 2 aromatic rings. The lowest BCUT2D eigenvalue weighted by Crippen LogP contribution is -2.12. The van der Waals surface area contributed by atoms with Gasteiger partial charge in [0.1, 0.15) is 0 Å². The average molecular weight is 407 g/mol. The zero-order chi connectivity index (χ0) is 22.7. The van der Waals surface area contributed by atoms with Gasteiger partial charge >= 0.3 is 0 Å². The lowest BCUT2D eigenvalue weighted by molar-refractivity contribution is 0.0928. The molecule has 158 valence electrons. The van der Waals surface area contributed by atoms with Crippen molar-refractivity contribution in [3.63, 3.8) is 0 Å². The Bertz CT molecular complexity index is 971. The molecule has 0 N–H and O–H groups in total. The Balaban J connectivity index is 2.78. The van der Waals surface area contributed by atoms with Crippen LogP contribution in [-0.4, -0.2) is 23.1 Å². The molecule has 0 aliphatic rings. The zero-order valence-corrected chi connectivity index (χ0v) is 18.8. The zero-order valence-electron chi connectivity index (χ0n) is 18.8. The van der Waals surface area contributed by atoms with Crippen molar-refractivity contribution in [2.75, 3.05) is 0 Å². The van der Waals surface area contributed by atoms with E-state index in [1.54, 1.807) is 36.4 Å². The van der Waals surface area contributed by atoms with Gasteiger partial charge in [-0.2, -0.15) is 0 Å². The standard InChI is InChI=1S/C26H30O4/c1-14(2)24(28)21-9-18(17(7)27)8-19(10-21)20-11-22(25(29)15(3)4)13-23(12-20)26(30)16(5)6/h8-16H,1-7H3. The Morgan fingerprint density at radius 2 is 0.767 bits per heavy atom. The van der Waals surface area contributed by atoms with Crippen LogP contribution in [0.2, 0.25) is 0 Å². The first-order valence-corrected chi connectivity index (χ1v) is 10.4. The number of Topliss-reactive ketones (excluding diaryl/α,β-unsaturated/α-hetero) is 4. The Hall–Kier alpha value is -2.88. The van der Waals surface area contributed by atoms with Crippen LogP contribution in [0.25, 0.3) is 11.1 Å². The quantitative estimate of drug-likeness (QED) is 0.499. The average Bonchev–Trinajstić information content (AvgIpc) is 2.70. The molecule has 4 heteroatoms. The predicted molar refractivity (Wildman–Crippen MR) is 119 cm³/mol. The molecule has 0 amide bonds. The van der Waals surface area contributed by atoms with Gasteiger partial charge in [-0.1, -0.05) is 41.5 Å². The van der Waals surface area contributed by atoms with E-state index in [0.717, 1.165) is 0 Å². The smallest absolute Gasteiger partial charge is 0.165 e.